The van der Waals surface area contributed by atoms with Crippen LogP contribution in [0.15, 0.2) is 12.1 Å². The van der Waals surface area contributed by atoms with E-state index in [0.29, 0.717) is 23.8 Å². The Balaban J connectivity index is 1.80. The standard InChI is InChI=1S/C23H29NO4S/c1-23(2,3)13-6-7-14-18(10-13)29-22-20(14)15(11-19(25)24-22)12-8-16(27-4)21(26)17(9-12)28-5/h8-9,13,15,26H,6-7,10-11H2,1-5H3,(H,24,25)/t13-,15-/m1/s1. The number of anilines is 1. The van der Waals surface area contributed by atoms with E-state index in [1.165, 1.54) is 36.6 Å². The molecule has 1 aliphatic carbocycles. The van der Waals surface area contributed by atoms with E-state index < -0.39 is 0 Å². The lowest BCUT2D eigenvalue weighted by Gasteiger charge is -2.34. The van der Waals surface area contributed by atoms with Crippen molar-refractivity contribution >= 4 is 22.2 Å². The molecule has 156 valence electrons. The minimum Gasteiger partial charge on any atom is -0.502 e. The predicted molar refractivity (Wildman–Crippen MR) is 116 cm³/mol. The fraction of sp³-hybridized carbons (Fsp3) is 0.522. The molecule has 6 heteroatoms. The maximum Gasteiger partial charge on any atom is 0.225 e. The first-order valence-corrected chi connectivity index (χ1v) is 10.9. The van der Waals surface area contributed by atoms with Crippen molar-refractivity contribution in [2.75, 3.05) is 19.5 Å². The van der Waals surface area contributed by atoms with Crippen LogP contribution in [-0.2, 0) is 17.6 Å². The number of rotatable bonds is 3. The monoisotopic (exact) mass is 415 g/mol. The molecule has 1 amide bonds. The first-order chi connectivity index (χ1) is 13.7. The molecule has 0 saturated carbocycles. The average molecular weight is 416 g/mol. The summed E-state index contributed by atoms with van der Waals surface area (Å²) in [5, 5.41) is 14.4. The van der Waals surface area contributed by atoms with Crippen molar-refractivity contribution in [3.8, 4) is 17.2 Å². The zero-order valence-electron chi connectivity index (χ0n) is 17.7. The number of phenolic OH excluding ortho intramolecular Hbond substituents is 1. The van der Waals surface area contributed by atoms with E-state index in [2.05, 4.69) is 26.1 Å². The summed E-state index contributed by atoms with van der Waals surface area (Å²) < 4.78 is 10.7. The van der Waals surface area contributed by atoms with Gasteiger partial charge in [-0.3, -0.25) is 4.79 Å². The molecule has 0 fully saturated rings. The molecule has 1 aromatic carbocycles. The minimum atomic E-state index is -0.0617. The number of aromatic hydroxyl groups is 1. The van der Waals surface area contributed by atoms with Crippen LogP contribution in [0.2, 0.25) is 0 Å². The molecule has 2 heterocycles. The molecule has 2 atom stereocenters. The highest BCUT2D eigenvalue weighted by atomic mass is 32.1. The Labute approximate surface area is 176 Å². The number of ether oxygens (including phenoxy) is 2. The van der Waals surface area contributed by atoms with Gasteiger partial charge in [-0.25, -0.2) is 0 Å². The topological polar surface area (TPSA) is 67.8 Å². The van der Waals surface area contributed by atoms with Gasteiger partial charge in [0.2, 0.25) is 11.7 Å². The van der Waals surface area contributed by atoms with Crippen molar-refractivity contribution in [3.05, 3.63) is 33.7 Å². The Bertz CT molecular complexity index is 932. The summed E-state index contributed by atoms with van der Waals surface area (Å²) >= 11 is 1.74. The van der Waals surface area contributed by atoms with Crippen LogP contribution < -0.4 is 14.8 Å². The van der Waals surface area contributed by atoms with E-state index in [4.69, 9.17) is 9.47 Å². The number of nitrogens with one attached hydrogen (secondary N) is 1. The molecular formula is C23H29NO4S. The Hall–Kier alpha value is -2.21. The van der Waals surface area contributed by atoms with Crippen LogP contribution in [0.1, 0.15) is 61.1 Å². The molecule has 0 spiro atoms. The zero-order chi connectivity index (χ0) is 20.9. The van der Waals surface area contributed by atoms with Crippen LogP contribution in [0.25, 0.3) is 0 Å². The molecule has 1 aliphatic heterocycles. The maximum atomic E-state index is 12.5. The number of amides is 1. The van der Waals surface area contributed by atoms with Gasteiger partial charge in [-0.2, -0.15) is 0 Å². The van der Waals surface area contributed by atoms with Gasteiger partial charge in [0.15, 0.2) is 11.5 Å². The van der Waals surface area contributed by atoms with Crippen molar-refractivity contribution in [1.29, 1.82) is 0 Å². The van der Waals surface area contributed by atoms with Crippen LogP contribution in [0.4, 0.5) is 5.00 Å². The molecule has 5 nitrogen and oxygen atoms in total. The van der Waals surface area contributed by atoms with Crippen LogP contribution in [-0.4, -0.2) is 25.2 Å². The lowest BCUT2D eigenvalue weighted by atomic mass is 9.71. The number of benzene rings is 1. The predicted octanol–water partition coefficient (Wildman–Crippen LogP) is 5.10. The highest BCUT2D eigenvalue weighted by molar-refractivity contribution is 7.16. The summed E-state index contributed by atoms with van der Waals surface area (Å²) in [7, 11) is 3.05. The van der Waals surface area contributed by atoms with Gasteiger partial charge < -0.3 is 19.9 Å². The number of phenols is 1. The van der Waals surface area contributed by atoms with Gasteiger partial charge in [0.25, 0.3) is 0 Å². The van der Waals surface area contributed by atoms with Crippen molar-refractivity contribution in [2.24, 2.45) is 11.3 Å². The number of methoxy groups -OCH3 is 2. The quantitative estimate of drug-likeness (QED) is 0.732. The molecule has 29 heavy (non-hydrogen) atoms. The van der Waals surface area contributed by atoms with Gasteiger partial charge >= 0.3 is 0 Å². The number of fused-ring (bicyclic) bond motifs is 3. The van der Waals surface area contributed by atoms with Crippen molar-refractivity contribution in [1.82, 2.24) is 0 Å². The second kappa shape index (κ2) is 7.24. The Morgan fingerprint density at radius 1 is 1.14 bits per heavy atom. The third-order valence-electron chi connectivity index (χ3n) is 6.43. The van der Waals surface area contributed by atoms with Gasteiger partial charge in [0.1, 0.15) is 0 Å². The van der Waals surface area contributed by atoms with Crippen LogP contribution in [0, 0.1) is 11.3 Å². The second-order valence-electron chi connectivity index (χ2n) is 9.13. The number of hydrogen-bond acceptors (Lipinski definition) is 5. The van der Waals surface area contributed by atoms with Crippen molar-refractivity contribution in [3.63, 3.8) is 0 Å². The van der Waals surface area contributed by atoms with Crippen molar-refractivity contribution in [2.45, 2.75) is 52.4 Å². The minimum absolute atomic E-state index is 0.0143. The summed E-state index contributed by atoms with van der Waals surface area (Å²) in [6.07, 6.45) is 3.67. The third kappa shape index (κ3) is 3.48. The fourth-order valence-electron chi connectivity index (χ4n) is 4.68. The number of carbonyl (C=O) groups excluding carboxylic acids is 1. The molecule has 2 aromatic rings. The van der Waals surface area contributed by atoms with E-state index in [-0.39, 0.29) is 23.0 Å². The average Bonchev–Trinajstić information content (AvgIpc) is 3.04. The second-order valence-corrected chi connectivity index (χ2v) is 10.2. The lowest BCUT2D eigenvalue weighted by molar-refractivity contribution is -0.116. The van der Waals surface area contributed by atoms with Crippen LogP contribution >= 0.6 is 11.3 Å². The summed E-state index contributed by atoms with van der Waals surface area (Å²) in [4.78, 5) is 13.9. The van der Waals surface area contributed by atoms with Gasteiger partial charge in [-0.05, 0) is 59.4 Å². The molecule has 2 N–H and O–H groups in total. The smallest absolute Gasteiger partial charge is 0.225 e. The van der Waals surface area contributed by atoms with Gasteiger partial charge in [-0.15, -0.1) is 11.3 Å². The summed E-state index contributed by atoms with van der Waals surface area (Å²) in [6, 6.07) is 3.66. The SMILES string of the molecule is COc1cc([C@H]2CC(=O)Nc3sc4c(c32)CC[C@@H](C(C)(C)C)C4)cc(OC)c1O. The lowest BCUT2D eigenvalue weighted by Crippen LogP contribution is -2.27. The summed E-state index contributed by atoms with van der Waals surface area (Å²) in [5.74, 6) is 1.33. The number of thiophene rings is 1. The molecule has 0 bridgehead atoms. The van der Waals surface area contributed by atoms with Gasteiger partial charge in [0, 0.05) is 17.2 Å². The molecule has 0 radical (unpaired) electrons. The van der Waals surface area contributed by atoms with E-state index in [0.717, 1.165) is 23.4 Å². The van der Waals surface area contributed by atoms with E-state index >= 15 is 0 Å². The Kier molecular flexibility index (Phi) is 5.01. The molecule has 1 aromatic heterocycles. The number of hydrogen-bond donors (Lipinski definition) is 2. The first kappa shape index (κ1) is 20.1. The van der Waals surface area contributed by atoms with Gasteiger partial charge in [0.05, 0.1) is 19.2 Å². The third-order valence-corrected chi connectivity index (χ3v) is 7.61. The van der Waals surface area contributed by atoms with E-state index in [1.807, 2.05) is 12.1 Å². The Morgan fingerprint density at radius 2 is 1.79 bits per heavy atom. The highest BCUT2D eigenvalue weighted by Crippen LogP contribution is 2.51. The fourth-order valence-corrected chi connectivity index (χ4v) is 6.08. The molecule has 0 saturated heterocycles. The molecule has 0 unspecified atom stereocenters. The zero-order valence-corrected chi connectivity index (χ0v) is 18.5. The molecular weight excluding hydrogens is 386 g/mol. The highest BCUT2D eigenvalue weighted by Gasteiger charge is 2.37. The Morgan fingerprint density at radius 3 is 2.38 bits per heavy atom. The normalized spacial score (nSPS) is 21.2. The summed E-state index contributed by atoms with van der Waals surface area (Å²) in [6.45, 7) is 6.95. The maximum absolute atomic E-state index is 12.5. The van der Waals surface area contributed by atoms with Crippen LogP contribution in [0.3, 0.4) is 0 Å². The molecule has 4 rings (SSSR count). The molecule has 2 aliphatic rings. The van der Waals surface area contributed by atoms with Crippen molar-refractivity contribution < 1.29 is 19.4 Å². The largest absolute Gasteiger partial charge is 0.502 e. The van der Waals surface area contributed by atoms with Gasteiger partial charge in [-0.1, -0.05) is 20.8 Å². The van der Waals surface area contributed by atoms with Crippen LogP contribution in [0.5, 0.6) is 17.2 Å². The van der Waals surface area contributed by atoms with E-state index in [1.54, 1.807) is 11.3 Å². The number of carbonyl (C=O) groups is 1. The van der Waals surface area contributed by atoms with E-state index in [9.17, 15) is 9.90 Å². The first-order valence-electron chi connectivity index (χ1n) is 10.1. The summed E-state index contributed by atoms with van der Waals surface area (Å²) in [5.41, 5.74) is 3.86.